The number of ether oxygens (including phenoxy) is 1. The molecular weight excluding hydrogens is 316 g/mol. The molecular formula is C19H36N4O2. The van der Waals surface area contributed by atoms with Gasteiger partial charge >= 0.3 is 0 Å². The van der Waals surface area contributed by atoms with Crippen LogP contribution < -0.4 is 5.32 Å². The van der Waals surface area contributed by atoms with Crippen LogP contribution in [0.5, 0.6) is 0 Å². The molecule has 0 radical (unpaired) electrons. The average molecular weight is 353 g/mol. The molecule has 3 aliphatic rings. The van der Waals surface area contributed by atoms with Gasteiger partial charge < -0.3 is 15.0 Å². The molecule has 0 unspecified atom stereocenters. The van der Waals surface area contributed by atoms with E-state index in [4.69, 9.17) is 4.74 Å². The number of carbonyl (C=O) groups is 1. The highest BCUT2D eigenvalue weighted by Crippen LogP contribution is 2.22. The monoisotopic (exact) mass is 352 g/mol. The molecule has 6 heteroatoms. The third-order valence-electron chi connectivity index (χ3n) is 5.95. The molecule has 0 atom stereocenters. The Kier molecular flexibility index (Phi) is 7.98. The number of amides is 1. The second-order valence-corrected chi connectivity index (χ2v) is 7.82. The van der Waals surface area contributed by atoms with Crippen LogP contribution in [-0.4, -0.2) is 99.3 Å². The third-order valence-corrected chi connectivity index (χ3v) is 5.95. The zero-order chi connectivity index (χ0) is 17.3. The Morgan fingerprint density at radius 1 is 0.920 bits per heavy atom. The van der Waals surface area contributed by atoms with Gasteiger partial charge in [-0.15, -0.1) is 0 Å². The molecule has 0 aromatic rings. The Labute approximate surface area is 152 Å². The van der Waals surface area contributed by atoms with Crippen molar-refractivity contribution in [1.29, 1.82) is 0 Å². The van der Waals surface area contributed by atoms with Crippen molar-refractivity contribution in [3.8, 4) is 0 Å². The second-order valence-electron chi connectivity index (χ2n) is 7.82. The van der Waals surface area contributed by atoms with Crippen molar-refractivity contribution < 1.29 is 9.53 Å². The van der Waals surface area contributed by atoms with Gasteiger partial charge in [0, 0.05) is 52.4 Å². The van der Waals surface area contributed by atoms with Crippen molar-refractivity contribution in [3.05, 3.63) is 0 Å². The van der Waals surface area contributed by atoms with Crippen molar-refractivity contribution in [1.82, 2.24) is 20.0 Å². The highest BCUT2D eigenvalue weighted by atomic mass is 16.5. The molecule has 144 valence electrons. The lowest BCUT2D eigenvalue weighted by Crippen LogP contribution is -2.53. The fourth-order valence-corrected chi connectivity index (χ4v) is 4.21. The number of rotatable bonds is 7. The number of piperazine rings is 1. The van der Waals surface area contributed by atoms with E-state index in [0.29, 0.717) is 6.54 Å². The first-order valence-corrected chi connectivity index (χ1v) is 10.3. The van der Waals surface area contributed by atoms with Crippen LogP contribution in [0.25, 0.3) is 0 Å². The molecule has 1 saturated carbocycles. The smallest absolute Gasteiger partial charge is 0.236 e. The van der Waals surface area contributed by atoms with E-state index in [-0.39, 0.29) is 5.91 Å². The minimum atomic E-state index is 0.289. The number of nitrogens with zero attached hydrogens (tertiary/aromatic N) is 3. The summed E-state index contributed by atoms with van der Waals surface area (Å²) in [7, 11) is 0. The molecule has 1 amide bonds. The maximum Gasteiger partial charge on any atom is 0.236 e. The van der Waals surface area contributed by atoms with E-state index in [1.807, 2.05) is 4.90 Å². The predicted octanol–water partition coefficient (Wildman–Crippen LogP) is 0.633. The molecule has 0 aromatic heterocycles. The fourth-order valence-electron chi connectivity index (χ4n) is 4.21. The Morgan fingerprint density at radius 2 is 1.64 bits per heavy atom. The summed E-state index contributed by atoms with van der Waals surface area (Å²) in [5.41, 5.74) is 0. The number of nitrogens with one attached hydrogen (secondary N) is 1. The summed E-state index contributed by atoms with van der Waals surface area (Å²) < 4.78 is 5.35. The standard InChI is InChI=1S/C19H36N4O2/c24-19(17-22-12-14-25-15-13-22)23-10-8-21(9-11-23)7-6-20-16-18-4-2-1-3-5-18/h18,20H,1-17H2. The average Bonchev–Trinajstić information content (AvgIpc) is 2.67. The van der Waals surface area contributed by atoms with Crippen LogP contribution >= 0.6 is 0 Å². The summed E-state index contributed by atoms with van der Waals surface area (Å²) in [5.74, 6) is 1.19. The normalized spacial score (nSPS) is 24.6. The van der Waals surface area contributed by atoms with Gasteiger partial charge in [0.1, 0.15) is 0 Å². The van der Waals surface area contributed by atoms with E-state index < -0.39 is 0 Å². The van der Waals surface area contributed by atoms with E-state index in [2.05, 4.69) is 15.1 Å². The summed E-state index contributed by atoms with van der Waals surface area (Å²) in [6, 6.07) is 0. The quantitative estimate of drug-likeness (QED) is 0.681. The van der Waals surface area contributed by atoms with Gasteiger partial charge in [0.25, 0.3) is 0 Å². The molecule has 0 bridgehead atoms. The highest BCUT2D eigenvalue weighted by molar-refractivity contribution is 5.78. The minimum Gasteiger partial charge on any atom is -0.379 e. The fraction of sp³-hybridized carbons (Fsp3) is 0.947. The van der Waals surface area contributed by atoms with Crippen LogP contribution in [0, 0.1) is 5.92 Å². The van der Waals surface area contributed by atoms with Crippen LogP contribution in [0.3, 0.4) is 0 Å². The molecule has 2 heterocycles. The Bertz CT molecular complexity index is 387. The Hall–Kier alpha value is -0.690. The number of morpholine rings is 1. The molecule has 25 heavy (non-hydrogen) atoms. The van der Waals surface area contributed by atoms with Gasteiger partial charge in [-0.1, -0.05) is 19.3 Å². The van der Waals surface area contributed by atoms with Gasteiger partial charge in [-0.25, -0.2) is 0 Å². The zero-order valence-electron chi connectivity index (χ0n) is 15.8. The SMILES string of the molecule is O=C(CN1CCOCC1)N1CCN(CCNCC2CCCCC2)CC1. The zero-order valence-corrected chi connectivity index (χ0v) is 15.8. The lowest BCUT2D eigenvalue weighted by molar-refractivity contribution is -0.135. The topological polar surface area (TPSA) is 48.1 Å². The molecule has 0 aromatic carbocycles. The van der Waals surface area contributed by atoms with E-state index in [9.17, 15) is 4.79 Å². The van der Waals surface area contributed by atoms with E-state index in [1.54, 1.807) is 0 Å². The predicted molar refractivity (Wildman–Crippen MR) is 99.7 cm³/mol. The van der Waals surface area contributed by atoms with Crippen LogP contribution in [0.4, 0.5) is 0 Å². The first-order chi connectivity index (χ1) is 12.3. The van der Waals surface area contributed by atoms with Gasteiger partial charge in [0.05, 0.1) is 19.8 Å². The van der Waals surface area contributed by atoms with Crippen LogP contribution in [0.15, 0.2) is 0 Å². The van der Waals surface area contributed by atoms with Gasteiger partial charge in [-0.05, 0) is 25.3 Å². The van der Waals surface area contributed by atoms with Crippen LogP contribution in [0.1, 0.15) is 32.1 Å². The van der Waals surface area contributed by atoms with E-state index >= 15 is 0 Å². The molecule has 3 fully saturated rings. The molecule has 3 rings (SSSR count). The van der Waals surface area contributed by atoms with Crippen molar-refractivity contribution in [2.75, 3.05) is 78.7 Å². The summed E-state index contributed by atoms with van der Waals surface area (Å²) in [5, 5.41) is 3.65. The van der Waals surface area contributed by atoms with Gasteiger partial charge in [-0.2, -0.15) is 0 Å². The lowest BCUT2D eigenvalue weighted by atomic mass is 9.89. The van der Waals surface area contributed by atoms with E-state index in [1.165, 1.54) is 38.6 Å². The summed E-state index contributed by atoms with van der Waals surface area (Å²) in [6.45, 7) is 11.0. The van der Waals surface area contributed by atoms with Gasteiger partial charge in [0.15, 0.2) is 0 Å². The molecule has 1 aliphatic carbocycles. The van der Waals surface area contributed by atoms with Crippen molar-refractivity contribution >= 4 is 5.91 Å². The van der Waals surface area contributed by atoms with Crippen molar-refractivity contribution in [3.63, 3.8) is 0 Å². The molecule has 2 aliphatic heterocycles. The molecule has 1 N–H and O–H groups in total. The van der Waals surface area contributed by atoms with Crippen LogP contribution in [0.2, 0.25) is 0 Å². The van der Waals surface area contributed by atoms with Crippen LogP contribution in [-0.2, 0) is 9.53 Å². The number of hydrogen-bond acceptors (Lipinski definition) is 5. The van der Waals surface area contributed by atoms with Gasteiger partial charge in [0.2, 0.25) is 5.91 Å². The lowest BCUT2D eigenvalue weighted by Gasteiger charge is -2.36. The first kappa shape index (κ1) is 19.1. The number of hydrogen-bond donors (Lipinski definition) is 1. The Balaban J connectivity index is 1.24. The molecule has 2 saturated heterocycles. The summed E-state index contributed by atoms with van der Waals surface area (Å²) in [4.78, 5) is 19.2. The molecule has 6 nitrogen and oxygen atoms in total. The van der Waals surface area contributed by atoms with E-state index in [0.717, 1.165) is 71.5 Å². The Morgan fingerprint density at radius 3 is 2.36 bits per heavy atom. The summed E-state index contributed by atoms with van der Waals surface area (Å²) in [6.07, 6.45) is 7.11. The first-order valence-electron chi connectivity index (χ1n) is 10.3. The maximum atomic E-state index is 12.4. The third kappa shape index (κ3) is 6.51. The van der Waals surface area contributed by atoms with Crippen molar-refractivity contribution in [2.24, 2.45) is 5.92 Å². The largest absolute Gasteiger partial charge is 0.379 e. The second kappa shape index (κ2) is 10.5. The molecule has 0 spiro atoms. The highest BCUT2D eigenvalue weighted by Gasteiger charge is 2.23. The minimum absolute atomic E-state index is 0.289. The maximum absolute atomic E-state index is 12.4. The number of carbonyl (C=O) groups excluding carboxylic acids is 1. The summed E-state index contributed by atoms with van der Waals surface area (Å²) >= 11 is 0. The van der Waals surface area contributed by atoms with Crippen molar-refractivity contribution in [2.45, 2.75) is 32.1 Å². The van der Waals surface area contributed by atoms with Gasteiger partial charge in [-0.3, -0.25) is 14.6 Å².